The van der Waals surface area contributed by atoms with Crippen molar-refractivity contribution < 1.29 is 22.6 Å². The number of fused-ring (bicyclic) bond motifs is 1. The zero-order chi connectivity index (χ0) is 18.8. The molecule has 1 atom stereocenters. The summed E-state index contributed by atoms with van der Waals surface area (Å²) in [7, 11) is -0.273. The van der Waals surface area contributed by atoms with Crippen LogP contribution in [0.5, 0.6) is 5.75 Å². The number of rotatable bonds is 6. The van der Waals surface area contributed by atoms with E-state index in [1.165, 1.54) is 31.5 Å². The smallest absolute Gasteiger partial charge is 0.405 e. The summed E-state index contributed by atoms with van der Waals surface area (Å²) in [6, 6.07) is 6.15. The van der Waals surface area contributed by atoms with Crippen molar-refractivity contribution in [1.82, 2.24) is 14.7 Å². The third-order valence-corrected chi connectivity index (χ3v) is 5.12. The second kappa shape index (κ2) is 7.55. The summed E-state index contributed by atoms with van der Waals surface area (Å²) < 4.78 is 44.4. The van der Waals surface area contributed by atoms with Crippen LogP contribution in [-0.2, 0) is 16.6 Å². The van der Waals surface area contributed by atoms with Crippen molar-refractivity contribution in [3.63, 3.8) is 0 Å². The number of nitrogens with zero attached hydrogens (tertiary/aromatic N) is 3. The second-order valence-corrected chi connectivity index (χ2v) is 7.04. The molecule has 2 heterocycles. The van der Waals surface area contributed by atoms with E-state index < -0.39 is 17.4 Å². The van der Waals surface area contributed by atoms with Crippen molar-refractivity contribution in [1.29, 1.82) is 0 Å². The molecular weight excluding hydrogens is 388 g/mol. The molecule has 0 saturated carbocycles. The normalized spacial score (nSPS) is 12.5. The third-order valence-electron chi connectivity index (χ3n) is 3.68. The lowest BCUT2D eigenvalue weighted by atomic mass is 10.2. The Labute approximate surface area is 155 Å². The monoisotopic (exact) mass is 401 g/mol. The SMILES string of the molecule is COc1ccnc(CS(=O)c2nc3cc(Cl)ccc3n2OC(F)F)c1C. The standard InChI is InChI=1S/C16H14ClF2N3O3S/c1-9-12(20-6-5-14(9)24-2)8-26(23)16-21-11-7-10(17)3-4-13(11)22(16)25-15(18)19/h3-7,15H,8H2,1-2H3. The van der Waals surface area contributed by atoms with Gasteiger partial charge in [0.15, 0.2) is 0 Å². The molecule has 3 rings (SSSR count). The number of hydrogen-bond donors (Lipinski definition) is 0. The van der Waals surface area contributed by atoms with E-state index in [1.54, 1.807) is 13.0 Å². The molecule has 0 saturated heterocycles. The fourth-order valence-corrected chi connectivity index (χ4v) is 3.81. The molecule has 26 heavy (non-hydrogen) atoms. The van der Waals surface area contributed by atoms with Crippen molar-refractivity contribution in [2.45, 2.75) is 24.4 Å². The van der Waals surface area contributed by atoms with Gasteiger partial charge in [0.25, 0.3) is 0 Å². The van der Waals surface area contributed by atoms with Gasteiger partial charge in [0.05, 0.1) is 34.9 Å². The van der Waals surface area contributed by atoms with E-state index in [2.05, 4.69) is 14.8 Å². The number of hydrogen-bond acceptors (Lipinski definition) is 5. The summed E-state index contributed by atoms with van der Waals surface area (Å²) in [4.78, 5) is 12.9. The van der Waals surface area contributed by atoms with Crippen LogP contribution in [0.1, 0.15) is 11.3 Å². The minimum atomic E-state index is -3.10. The van der Waals surface area contributed by atoms with E-state index in [4.69, 9.17) is 16.3 Å². The highest BCUT2D eigenvalue weighted by Crippen LogP contribution is 2.25. The topological polar surface area (TPSA) is 66.2 Å². The quantitative estimate of drug-likeness (QED) is 0.633. The minimum absolute atomic E-state index is 0.0350. The van der Waals surface area contributed by atoms with Gasteiger partial charge in [-0.3, -0.25) is 9.19 Å². The van der Waals surface area contributed by atoms with E-state index in [0.717, 1.165) is 4.73 Å². The Balaban J connectivity index is 2.02. The van der Waals surface area contributed by atoms with Crippen LogP contribution >= 0.6 is 11.6 Å². The lowest BCUT2D eigenvalue weighted by molar-refractivity contribution is -0.136. The predicted molar refractivity (Wildman–Crippen MR) is 93.0 cm³/mol. The number of imidazole rings is 1. The number of aromatic nitrogens is 3. The molecule has 6 nitrogen and oxygen atoms in total. The molecule has 0 aliphatic carbocycles. The number of alkyl halides is 2. The lowest BCUT2D eigenvalue weighted by Gasteiger charge is -2.11. The van der Waals surface area contributed by atoms with E-state index in [-0.39, 0.29) is 16.4 Å². The maximum Gasteiger partial charge on any atom is 0.405 e. The van der Waals surface area contributed by atoms with Crippen LogP contribution in [0.15, 0.2) is 35.6 Å². The third kappa shape index (κ3) is 3.63. The van der Waals surface area contributed by atoms with Crippen molar-refractivity contribution in [2.75, 3.05) is 7.11 Å². The highest BCUT2D eigenvalue weighted by Gasteiger charge is 2.22. The van der Waals surface area contributed by atoms with Crippen molar-refractivity contribution in [3.8, 4) is 5.75 Å². The van der Waals surface area contributed by atoms with Crippen molar-refractivity contribution >= 4 is 33.4 Å². The second-order valence-electron chi connectivity index (χ2n) is 5.26. The number of benzene rings is 1. The maximum atomic E-state index is 12.8. The van der Waals surface area contributed by atoms with E-state index in [9.17, 15) is 13.0 Å². The molecule has 0 N–H and O–H groups in total. The van der Waals surface area contributed by atoms with Gasteiger partial charge in [-0.1, -0.05) is 11.6 Å². The summed E-state index contributed by atoms with van der Waals surface area (Å²) >= 11 is 5.91. The van der Waals surface area contributed by atoms with Crippen LogP contribution in [-0.4, -0.2) is 32.6 Å². The van der Waals surface area contributed by atoms with Gasteiger partial charge in [-0.2, -0.15) is 8.78 Å². The summed E-state index contributed by atoms with van der Waals surface area (Å²) in [6.07, 6.45) is 1.52. The Hall–Kier alpha value is -2.26. The summed E-state index contributed by atoms with van der Waals surface area (Å²) in [5.74, 6) is 0.559. The van der Waals surface area contributed by atoms with Gasteiger partial charge in [-0.15, -0.1) is 4.73 Å². The Kier molecular flexibility index (Phi) is 5.38. The Morgan fingerprint density at radius 1 is 1.35 bits per heavy atom. The Morgan fingerprint density at radius 3 is 2.81 bits per heavy atom. The van der Waals surface area contributed by atoms with Crippen LogP contribution in [0.2, 0.25) is 5.02 Å². The first-order valence-electron chi connectivity index (χ1n) is 7.41. The molecule has 1 unspecified atom stereocenters. The summed E-state index contributed by atoms with van der Waals surface area (Å²) in [5.41, 5.74) is 1.77. The molecule has 10 heteroatoms. The van der Waals surface area contributed by atoms with Gasteiger partial charge in [0, 0.05) is 16.8 Å². The number of ether oxygens (including phenoxy) is 1. The van der Waals surface area contributed by atoms with Crippen LogP contribution in [0.25, 0.3) is 11.0 Å². The number of methoxy groups -OCH3 is 1. The molecule has 0 bridgehead atoms. The lowest BCUT2D eigenvalue weighted by Crippen LogP contribution is -2.20. The number of pyridine rings is 1. The average Bonchev–Trinajstić information content (AvgIpc) is 2.93. The molecule has 0 spiro atoms. The van der Waals surface area contributed by atoms with Crippen LogP contribution in [0, 0.1) is 6.92 Å². The van der Waals surface area contributed by atoms with Gasteiger partial charge in [-0.25, -0.2) is 4.98 Å². The van der Waals surface area contributed by atoms with Gasteiger partial charge in [-0.05, 0) is 31.2 Å². The van der Waals surface area contributed by atoms with Crippen LogP contribution in [0.3, 0.4) is 0 Å². The maximum absolute atomic E-state index is 12.8. The molecule has 0 amide bonds. The number of halogens is 3. The van der Waals surface area contributed by atoms with Gasteiger partial charge >= 0.3 is 6.61 Å². The van der Waals surface area contributed by atoms with E-state index >= 15 is 0 Å². The average molecular weight is 402 g/mol. The van der Waals surface area contributed by atoms with Gasteiger partial charge < -0.3 is 9.57 Å². The first kappa shape index (κ1) is 18.5. The highest BCUT2D eigenvalue weighted by molar-refractivity contribution is 7.84. The zero-order valence-electron chi connectivity index (χ0n) is 13.8. The Morgan fingerprint density at radius 2 is 2.12 bits per heavy atom. The van der Waals surface area contributed by atoms with Crippen LogP contribution in [0.4, 0.5) is 8.78 Å². The summed E-state index contributed by atoms with van der Waals surface area (Å²) in [6.45, 7) is -1.33. The largest absolute Gasteiger partial charge is 0.496 e. The fourth-order valence-electron chi connectivity index (χ4n) is 2.45. The molecule has 3 aromatic rings. The van der Waals surface area contributed by atoms with Gasteiger partial charge in [0.1, 0.15) is 11.3 Å². The molecule has 0 fully saturated rings. The highest BCUT2D eigenvalue weighted by atomic mass is 35.5. The first-order chi connectivity index (χ1) is 12.4. The minimum Gasteiger partial charge on any atom is -0.496 e. The van der Waals surface area contributed by atoms with Crippen molar-refractivity contribution in [3.05, 3.63) is 46.7 Å². The molecule has 0 aliphatic rings. The molecule has 2 aromatic heterocycles. The Bertz CT molecular complexity index is 981. The molecular formula is C16H14ClF2N3O3S. The molecule has 0 radical (unpaired) electrons. The van der Waals surface area contributed by atoms with Gasteiger partial charge in [0.2, 0.25) is 5.16 Å². The van der Waals surface area contributed by atoms with Crippen LogP contribution < -0.4 is 9.57 Å². The summed E-state index contributed by atoms with van der Waals surface area (Å²) in [5, 5.41) is 0.230. The zero-order valence-corrected chi connectivity index (χ0v) is 15.4. The molecule has 1 aromatic carbocycles. The predicted octanol–water partition coefficient (Wildman–Crippen LogP) is 3.36. The fraction of sp³-hybridized carbons (Fsp3) is 0.250. The molecule has 0 aliphatic heterocycles. The van der Waals surface area contributed by atoms with E-state index in [1.807, 2.05) is 0 Å². The molecule has 138 valence electrons. The first-order valence-corrected chi connectivity index (χ1v) is 9.10. The van der Waals surface area contributed by atoms with E-state index in [0.29, 0.717) is 27.5 Å². The van der Waals surface area contributed by atoms with Crippen molar-refractivity contribution in [2.24, 2.45) is 0 Å².